The maximum atomic E-state index is 9.51. The summed E-state index contributed by atoms with van der Waals surface area (Å²) in [4.78, 5) is 5.19. The molecule has 20 heavy (non-hydrogen) atoms. The van der Waals surface area contributed by atoms with E-state index in [1.807, 2.05) is 0 Å². The SMILES string of the molecule is COc1cc(-c2noc(C3(C#N)CCCCC3)n2)sn1. The molecule has 0 aliphatic heterocycles. The number of rotatable bonds is 3. The average Bonchev–Trinajstić information content (AvgIpc) is 3.16. The molecule has 0 spiro atoms. The van der Waals surface area contributed by atoms with E-state index in [0.717, 1.165) is 37.0 Å². The van der Waals surface area contributed by atoms with Gasteiger partial charge in [-0.2, -0.15) is 14.6 Å². The first-order valence-corrected chi connectivity index (χ1v) is 7.31. The molecule has 0 atom stereocenters. The molecule has 0 N–H and O–H groups in total. The molecule has 1 saturated carbocycles. The summed E-state index contributed by atoms with van der Waals surface area (Å²) < 4.78 is 14.5. The largest absolute Gasteiger partial charge is 0.480 e. The lowest BCUT2D eigenvalue weighted by molar-refractivity contribution is 0.264. The van der Waals surface area contributed by atoms with Gasteiger partial charge >= 0.3 is 0 Å². The second kappa shape index (κ2) is 5.21. The minimum Gasteiger partial charge on any atom is -0.480 e. The zero-order valence-corrected chi connectivity index (χ0v) is 11.9. The number of aromatic nitrogens is 3. The van der Waals surface area contributed by atoms with Crippen LogP contribution in [0.4, 0.5) is 0 Å². The number of nitrogens with zero attached hydrogens (tertiary/aromatic N) is 4. The fourth-order valence-corrected chi connectivity index (χ4v) is 3.14. The van der Waals surface area contributed by atoms with Crippen LogP contribution in [0.1, 0.15) is 38.0 Å². The van der Waals surface area contributed by atoms with E-state index in [0.29, 0.717) is 17.6 Å². The first kappa shape index (κ1) is 13.1. The zero-order chi connectivity index (χ0) is 14.0. The molecule has 0 amide bonds. The summed E-state index contributed by atoms with van der Waals surface area (Å²) >= 11 is 1.25. The molecule has 0 unspecified atom stereocenters. The highest BCUT2D eigenvalue weighted by Crippen LogP contribution is 2.39. The fourth-order valence-electron chi connectivity index (χ4n) is 2.51. The Morgan fingerprint density at radius 3 is 2.85 bits per heavy atom. The van der Waals surface area contributed by atoms with Crippen LogP contribution in [0.25, 0.3) is 10.7 Å². The van der Waals surface area contributed by atoms with Gasteiger partial charge in [0, 0.05) is 6.07 Å². The van der Waals surface area contributed by atoms with Crippen molar-refractivity contribution in [3.63, 3.8) is 0 Å². The topological polar surface area (TPSA) is 84.8 Å². The van der Waals surface area contributed by atoms with Crippen molar-refractivity contribution in [2.75, 3.05) is 7.11 Å². The number of methoxy groups -OCH3 is 1. The predicted octanol–water partition coefficient (Wildman–Crippen LogP) is 2.93. The smallest absolute Gasteiger partial charge is 0.247 e. The number of hydrogen-bond donors (Lipinski definition) is 0. The third-order valence-electron chi connectivity index (χ3n) is 3.67. The highest BCUT2D eigenvalue weighted by atomic mass is 32.1. The molecule has 2 aromatic rings. The molecule has 2 heterocycles. The van der Waals surface area contributed by atoms with Gasteiger partial charge < -0.3 is 9.26 Å². The molecule has 0 bridgehead atoms. The van der Waals surface area contributed by atoms with Gasteiger partial charge in [-0.3, -0.25) is 0 Å². The molecule has 0 radical (unpaired) electrons. The maximum Gasteiger partial charge on any atom is 0.247 e. The summed E-state index contributed by atoms with van der Waals surface area (Å²) in [6.45, 7) is 0. The molecule has 0 aromatic carbocycles. The molecule has 0 saturated heterocycles. The quantitative estimate of drug-likeness (QED) is 0.864. The summed E-state index contributed by atoms with van der Waals surface area (Å²) in [7, 11) is 1.56. The Kier molecular flexibility index (Phi) is 3.40. The Bertz CT molecular complexity index is 637. The van der Waals surface area contributed by atoms with Gasteiger partial charge in [-0.25, -0.2) is 0 Å². The van der Waals surface area contributed by atoms with E-state index in [2.05, 4.69) is 20.6 Å². The van der Waals surface area contributed by atoms with E-state index in [-0.39, 0.29) is 0 Å². The number of hydrogen-bond acceptors (Lipinski definition) is 7. The van der Waals surface area contributed by atoms with Crippen molar-refractivity contribution in [2.45, 2.75) is 37.5 Å². The molecule has 1 aliphatic rings. The standard InChI is InChI=1S/C13H14N4O2S/c1-18-10-7-9(20-17-10)11-15-12(19-16-11)13(8-14)5-3-2-4-6-13/h7H,2-6H2,1H3. The Hall–Kier alpha value is -1.94. The van der Waals surface area contributed by atoms with Crippen LogP contribution in [0.2, 0.25) is 0 Å². The van der Waals surface area contributed by atoms with Gasteiger partial charge in [-0.15, -0.1) is 0 Å². The van der Waals surface area contributed by atoms with Crippen LogP contribution in [0.15, 0.2) is 10.6 Å². The molecule has 2 aromatic heterocycles. The predicted molar refractivity (Wildman–Crippen MR) is 72.3 cm³/mol. The Balaban J connectivity index is 1.91. The normalized spacial score (nSPS) is 17.6. The highest BCUT2D eigenvalue weighted by molar-refractivity contribution is 7.09. The first-order valence-electron chi connectivity index (χ1n) is 6.54. The summed E-state index contributed by atoms with van der Waals surface area (Å²) in [5.74, 6) is 1.44. The summed E-state index contributed by atoms with van der Waals surface area (Å²) in [6, 6.07) is 4.14. The second-order valence-corrected chi connectivity index (χ2v) is 5.72. The monoisotopic (exact) mass is 290 g/mol. The molecule has 104 valence electrons. The van der Waals surface area contributed by atoms with Crippen molar-refractivity contribution in [2.24, 2.45) is 0 Å². The summed E-state index contributed by atoms with van der Waals surface area (Å²) in [5, 5.41) is 13.5. The third-order valence-corrected chi connectivity index (χ3v) is 4.44. The van der Waals surface area contributed by atoms with E-state index in [1.54, 1.807) is 13.2 Å². The molecule has 7 heteroatoms. The number of ether oxygens (including phenoxy) is 1. The van der Waals surface area contributed by atoms with E-state index >= 15 is 0 Å². The minimum atomic E-state index is -0.613. The van der Waals surface area contributed by atoms with Crippen molar-refractivity contribution in [1.82, 2.24) is 14.5 Å². The minimum absolute atomic E-state index is 0.432. The van der Waals surface area contributed by atoms with Crippen LogP contribution in [0.5, 0.6) is 5.88 Å². The van der Waals surface area contributed by atoms with Crippen LogP contribution in [-0.2, 0) is 5.41 Å². The van der Waals surface area contributed by atoms with Crippen LogP contribution >= 0.6 is 11.5 Å². The van der Waals surface area contributed by atoms with E-state index in [9.17, 15) is 5.26 Å². The van der Waals surface area contributed by atoms with Gasteiger partial charge in [0.05, 0.1) is 18.1 Å². The van der Waals surface area contributed by atoms with Gasteiger partial charge in [-0.05, 0) is 24.4 Å². The summed E-state index contributed by atoms with van der Waals surface area (Å²) in [6.07, 6.45) is 4.80. The Morgan fingerprint density at radius 2 is 2.20 bits per heavy atom. The van der Waals surface area contributed by atoms with E-state index in [4.69, 9.17) is 9.26 Å². The molecule has 1 fully saturated rings. The zero-order valence-electron chi connectivity index (χ0n) is 11.1. The Morgan fingerprint density at radius 1 is 1.40 bits per heavy atom. The Labute approximate surface area is 120 Å². The maximum absolute atomic E-state index is 9.51. The number of nitriles is 1. The van der Waals surface area contributed by atoms with Gasteiger partial charge in [0.2, 0.25) is 17.6 Å². The highest BCUT2D eigenvalue weighted by Gasteiger charge is 2.39. The molecule has 1 aliphatic carbocycles. The van der Waals surface area contributed by atoms with Crippen LogP contribution < -0.4 is 4.74 Å². The van der Waals surface area contributed by atoms with Crippen LogP contribution in [0.3, 0.4) is 0 Å². The lowest BCUT2D eigenvalue weighted by atomic mass is 9.75. The van der Waals surface area contributed by atoms with Crippen molar-refractivity contribution >= 4 is 11.5 Å². The second-order valence-electron chi connectivity index (χ2n) is 4.91. The molecule has 3 rings (SSSR count). The molecular formula is C13H14N4O2S. The van der Waals surface area contributed by atoms with E-state index < -0.39 is 5.41 Å². The first-order chi connectivity index (χ1) is 9.77. The van der Waals surface area contributed by atoms with Crippen LogP contribution in [-0.4, -0.2) is 21.6 Å². The molecular weight excluding hydrogens is 276 g/mol. The van der Waals surface area contributed by atoms with E-state index in [1.165, 1.54) is 11.5 Å². The van der Waals surface area contributed by atoms with Gasteiger partial charge in [0.1, 0.15) is 5.41 Å². The van der Waals surface area contributed by atoms with Gasteiger partial charge in [0.25, 0.3) is 0 Å². The fraction of sp³-hybridized carbons (Fsp3) is 0.538. The summed E-state index contributed by atoms with van der Waals surface area (Å²) in [5.41, 5.74) is -0.613. The molecule has 6 nitrogen and oxygen atoms in total. The lowest BCUT2D eigenvalue weighted by Crippen LogP contribution is -2.27. The third kappa shape index (κ3) is 2.16. The van der Waals surface area contributed by atoms with Crippen LogP contribution in [0, 0.1) is 11.3 Å². The lowest BCUT2D eigenvalue weighted by Gasteiger charge is -2.26. The van der Waals surface area contributed by atoms with Gasteiger partial charge in [-0.1, -0.05) is 24.4 Å². The average molecular weight is 290 g/mol. The van der Waals surface area contributed by atoms with Crippen molar-refractivity contribution in [3.8, 4) is 22.7 Å². The van der Waals surface area contributed by atoms with Crippen molar-refractivity contribution in [3.05, 3.63) is 12.0 Å². The van der Waals surface area contributed by atoms with Crippen molar-refractivity contribution < 1.29 is 9.26 Å². The van der Waals surface area contributed by atoms with Gasteiger partial charge in [0.15, 0.2) is 0 Å². The van der Waals surface area contributed by atoms with Crippen molar-refractivity contribution in [1.29, 1.82) is 5.26 Å².